The van der Waals surface area contributed by atoms with Crippen molar-refractivity contribution in [3.05, 3.63) is 0 Å². The van der Waals surface area contributed by atoms with Crippen LogP contribution in [0.15, 0.2) is 0 Å². The van der Waals surface area contributed by atoms with E-state index in [9.17, 15) is 0 Å². The first-order valence-electron chi connectivity index (χ1n) is 7.01. The molecule has 0 radical (unpaired) electrons. The van der Waals surface area contributed by atoms with Crippen LogP contribution in [0, 0.1) is 5.41 Å². The maximum Gasteiger partial charge on any atom is 0.0220 e. The quantitative estimate of drug-likeness (QED) is 0.776. The van der Waals surface area contributed by atoms with Crippen LogP contribution in [0.2, 0.25) is 0 Å². The third-order valence-corrected chi connectivity index (χ3v) is 4.73. The summed E-state index contributed by atoms with van der Waals surface area (Å²) >= 11 is 0. The van der Waals surface area contributed by atoms with Gasteiger partial charge in [0.15, 0.2) is 0 Å². The Balaban J connectivity index is 1.83. The molecule has 0 aromatic heterocycles. The average Bonchev–Trinajstić information content (AvgIpc) is 2.29. The van der Waals surface area contributed by atoms with E-state index in [2.05, 4.69) is 31.1 Å². The molecule has 2 aliphatic rings. The van der Waals surface area contributed by atoms with Gasteiger partial charge < -0.3 is 5.32 Å². The van der Waals surface area contributed by atoms with Crippen molar-refractivity contribution < 1.29 is 0 Å². The Morgan fingerprint density at radius 3 is 2.31 bits per heavy atom. The van der Waals surface area contributed by atoms with Gasteiger partial charge in [0.25, 0.3) is 0 Å². The minimum Gasteiger partial charge on any atom is -0.315 e. The second-order valence-electron chi connectivity index (χ2n) is 6.56. The van der Waals surface area contributed by atoms with Crippen LogP contribution < -0.4 is 5.32 Å². The summed E-state index contributed by atoms with van der Waals surface area (Å²) < 4.78 is 0. The van der Waals surface area contributed by atoms with E-state index in [1.807, 2.05) is 0 Å². The molecule has 2 heteroatoms. The topological polar surface area (TPSA) is 15.3 Å². The molecule has 0 aromatic carbocycles. The molecule has 1 saturated heterocycles. The molecule has 1 aliphatic carbocycles. The smallest absolute Gasteiger partial charge is 0.0220 e. The molecule has 0 amide bonds. The van der Waals surface area contributed by atoms with Gasteiger partial charge in [-0.25, -0.2) is 0 Å². The summed E-state index contributed by atoms with van der Waals surface area (Å²) in [4.78, 5) is 2.67. The summed E-state index contributed by atoms with van der Waals surface area (Å²) in [5.41, 5.74) is 0.599. The van der Waals surface area contributed by atoms with E-state index in [0.29, 0.717) is 5.41 Å². The highest BCUT2D eigenvalue weighted by atomic mass is 15.2. The molecule has 1 unspecified atom stereocenters. The largest absolute Gasteiger partial charge is 0.315 e. The second-order valence-corrected chi connectivity index (χ2v) is 6.56. The van der Waals surface area contributed by atoms with Crippen LogP contribution in [0.3, 0.4) is 0 Å². The van der Waals surface area contributed by atoms with E-state index < -0.39 is 0 Å². The molecular formula is C14H28N2. The first-order chi connectivity index (χ1) is 7.58. The van der Waals surface area contributed by atoms with Crippen LogP contribution >= 0.6 is 0 Å². The molecule has 2 rings (SSSR count). The Labute approximate surface area is 101 Å². The van der Waals surface area contributed by atoms with Gasteiger partial charge >= 0.3 is 0 Å². The number of likely N-dealkylation sites (N-methyl/N-ethyl adjacent to an activating group) is 1. The van der Waals surface area contributed by atoms with E-state index in [-0.39, 0.29) is 0 Å². The monoisotopic (exact) mass is 224 g/mol. The van der Waals surface area contributed by atoms with Crippen molar-refractivity contribution in [2.75, 3.05) is 20.1 Å². The summed E-state index contributed by atoms with van der Waals surface area (Å²) in [5.74, 6) is 0. The number of hydrogen-bond donors (Lipinski definition) is 1. The lowest BCUT2D eigenvalue weighted by Gasteiger charge is -2.43. The predicted molar refractivity (Wildman–Crippen MR) is 69.7 cm³/mol. The average molecular weight is 224 g/mol. The third kappa shape index (κ3) is 2.98. The zero-order valence-electron chi connectivity index (χ0n) is 11.3. The minimum atomic E-state index is 0.599. The van der Waals surface area contributed by atoms with Crippen LogP contribution in [-0.4, -0.2) is 37.1 Å². The normalized spacial score (nSPS) is 31.9. The van der Waals surface area contributed by atoms with Crippen molar-refractivity contribution in [3.8, 4) is 0 Å². The fourth-order valence-electron chi connectivity index (χ4n) is 3.27. The van der Waals surface area contributed by atoms with E-state index in [1.165, 1.54) is 51.6 Å². The minimum absolute atomic E-state index is 0.599. The molecule has 94 valence electrons. The van der Waals surface area contributed by atoms with Crippen LogP contribution in [-0.2, 0) is 0 Å². The molecule has 2 fully saturated rings. The summed E-state index contributed by atoms with van der Waals surface area (Å²) in [6.45, 7) is 7.27. The Morgan fingerprint density at radius 1 is 1.06 bits per heavy atom. The highest BCUT2D eigenvalue weighted by molar-refractivity contribution is 4.87. The lowest BCUT2D eigenvalue weighted by atomic mass is 9.75. The van der Waals surface area contributed by atoms with Gasteiger partial charge in [-0.15, -0.1) is 0 Å². The Kier molecular flexibility index (Phi) is 3.91. The van der Waals surface area contributed by atoms with Crippen molar-refractivity contribution in [2.24, 2.45) is 5.41 Å². The number of hydrogen-bond acceptors (Lipinski definition) is 2. The van der Waals surface area contributed by atoms with Crippen LogP contribution in [0.4, 0.5) is 0 Å². The van der Waals surface area contributed by atoms with Crippen molar-refractivity contribution in [3.63, 3.8) is 0 Å². The molecular weight excluding hydrogens is 196 g/mol. The lowest BCUT2D eigenvalue weighted by Crippen LogP contribution is -2.49. The zero-order valence-corrected chi connectivity index (χ0v) is 11.3. The lowest BCUT2D eigenvalue weighted by molar-refractivity contribution is 0.0834. The number of nitrogens with one attached hydrogen (secondary N) is 1. The van der Waals surface area contributed by atoms with E-state index >= 15 is 0 Å². The van der Waals surface area contributed by atoms with E-state index in [0.717, 1.165) is 12.1 Å². The van der Waals surface area contributed by atoms with Crippen LogP contribution in [0.5, 0.6) is 0 Å². The summed E-state index contributed by atoms with van der Waals surface area (Å²) in [6.07, 6.45) is 8.36. The van der Waals surface area contributed by atoms with E-state index in [4.69, 9.17) is 0 Å². The van der Waals surface area contributed by atoms with Gasteiger partial charge in [0.1, 0.15) is 0 Å². The Bertz CT molecular complexity index is 209. The van der Waals surface area contributed by atoms with Gasteiger partial charge in [0.2, 0.25) is 0 Å². The Hall–Kier alpha value is -0.0800. The fraction of sp³-hybridized carbons (Fsp3) is 1.00. The fourth-order valence-corrected chi connectivity index (χ4v) is 3.27. The maximum absolute atomic E-state index is 3.53. The first-order valence-corrected chi connectivity index (χ1v) is 7.01. The highest BCUT2D eigenvalue weighted by Crippen LogP contribution is 2.37. The van der Waals surface area contributed by atoms with Gasteiger partial charge in [-0.3, -0.25) is 4.90 Å². The molecule has 1 N–H and O–H groups in total. The van der Waals surface area contributed by atoms with Crippen molar-refractivity contribution in [1.29, 1.82) is 0 Å². The first kappa shape index (κ1) is 12.4. The third-order valence-electron chi connectivity index (χ3n) is 4.73. The number of nitrogens with zero attached hydrogens (tertiary/aromatic N) is 1. The Morgan fingerprint density at radius 2 is 1.75 bits per heavy atom. The van der Waals surface area contributed by atoms with Gasteiger partial charge in [-0.05, 0) is 57.5 Å². The van der Waals surface area contributed by atoms with Crippen molar-refractivity contribution in [2.45, 2.75) is 64.5 Å². The molecule has 2 nitrogen and oxygen atoms in total. The van der Waals surface area contributed by atoms with Crippen LogP contribution in [0.25, 0.3) is 0 Å². The molecule has 0 aromatic rings. The van der Waals surface area contributed by atoms with E-state index in [1.54, 1.807) is 0 Å². The van der Waals surface area contributed by atoms with Gasteiger partial charge in [0, 0.05) is 18.6 Å². The number of rotatable bonds is 2. The predicted octanol–water partition coefficient (Wildman–Crippen LogP) is 2.64. The van der Waals surface area contributed by atoms with Gasteiger partial charge in [-0.1, -0.05) is 13.8 Å². The molecule has 16 heavy (non-hydrogen) atoms. The summed E-state index contributed by atoms with van der Waals surface area (Å²) in [5, 5.41) is 3.53. The molecule has 1 atom stereocenters. The van der Waals surface area contributed by atoms with Crippen molar-refractivity contribution >= 4 is 0 Å². The van der Waals surface area contributed by atoms with Crippen LogP contribution in [0.1, 0.15) is 52.4 Å². The highest BCUT2D eigenvalue weighted by Gasteiger charge is 2.31. The standard InChI is InChI=1S/C14H28N2/c1-14(2)8-6-12(7-9-14)16(3)13-5-4-10-15-11-13/h12-13,15H,4-11H2,1-3H3. The van der Waals surface area contributed by atoms with Gasteiger partial charge in [0.05, 0.1) is 0 Å². The maximum atomic E-state index is 3.53. The molecule has 0 bridgehead atoms. The van der Waals surface area contributed by atoms with Gasteiger partial charge in [-0.2, -0.15) is 0 Å². The summed E-state index contributed by atoms with van der Waals surface area (Å²) in [7, 11) is 2.35. The number of piperidine rings is 1. The second kappa shape index (κ2) is 5.05. The molecule has 0 spiro atoms. The zero-order chi connectivity index (χ0) is 11.6. The SMILES string of the molecule is CN(C1CCC(C)(C)CC1)C1CCCNC1. The molecule has 1 aliphatic heterocycles. The van der Waals surface area contributed by atoms with Crippen molar-refractivity contribution in [1.82, 2.24) is 10.2 Å². The molecule has 1 saturated carbocycles. The summed E-state index contributed by atoms with van der Waals surface area (Å²) in [6, 6.07) is 1.64. The molecule has 1 heterocycles.